The molecule has 5 atom stereocenters. The minimum Gasteiger partial charge on any atom is -0.347 e. The second-order valence-electron chi connectivity index (χ2n) is 10.5. The average molecular weight is 449 g/mol. The van der Waals surface area contributed by atoms with Crippen molar-refractivity contribution in [2.24, 2.45) is 28.6 Å². The summed E-state index contributed by atoms with van der Waals surface area (Å²) in [4.78, 5) is 13.5. The molecule has 6 rings (SSSR count). The van der Waals surface area contributed by atoms with Crippen LogP contribution in [0, 0.1) is 28.6 Å². The summed E-state index contributed by atoms with van der Waals surface area (Å²) in [7, 11) is 0. The van der Waals surface area contributed by atoms with Crippen molar-refractivity contribution in [3.63, 3.8) is 0 Å². The lowest BCUT2D eigenvalue weighted by Gasteiger charge is -2.58. The van der Waals surface area contributed by atoms with E-state index in [1.54, 1.807) is 0 Å². The monoisotopic (exact) mass is 448 g/mol. The topological polar surface area (TPSA) is 54.0 Å². The van der Waals surface area contributed by atoms with Crippen molar-refractivity contribution >= 4 is 5.78 Å². The van der Waals surface area contributed by atoms with Crippen molar-refractivity contribution < 1.29 is 23.7 Å². The fourth-order valence-electron chi connectivity index (χ4n) is 7.98. The van der Waals surface area contributed by atoms with Crippen LogP contribution in [0.25, 0.3) is 0 Å². The largest absolute Gasteiger partial charge is 0.347 e. The minimum atomic E-state index is -0.468. The lowest BCUT2D eigenvalue weighted by molar-refractivity contribution is -0.242. The van der Waals surface area contributed by atoms with Crippen molar-refractivity contribution in [1.82, 2.24) is 0 Å². The number of rotatable bonds is 0. The van der Waals surface area contributed by atoms with Gasteiger partial charge in [0.25, 0.3) is 0 Å². The van der Waals surface area contributed by atoms with Crippen molar-refractivity contribution in [3.05, 3.63) is 11.6 Å². The average Bonchev–Trinajstić information content (AvgIpc) is 3.54. The first kappa shape index (κ1) is 24.4. The number of carbonyl (C=O) groups excluding carboxylic acids is 1. The van der Waals surface area contributed by atoms with Crippen LogP contribution in [-0.2, 0) is 23.7 Å². The lowest BCUT2D eigenvalue weighted by Crippen LogP contribution is -2.57. The third-order valence-corrected chi connectivity index (χ3v) is 9.56. The fourth-order valence-corrected chi connectivity index (χ4v) is 7.98. The minimum absolute atomic E-state index is 0.0460. The van der Waals surface area contributed by atoms with Crippen LogP contribution < -0.4 is 0 Å². The summed E-state index contributed by atoms with van der Waals surface area (Å²) < 4.78 is 24.4. The Balaban J connectivity index is 0.000000582. The van der Waals surface area contributed by atoms with Gasteiger partial charge in [-0.2, -0.15) is 0 Å². The molecule has 5 unspecified atom stereocenters. The molecule has 0 bridgehead atoms. The van der Waals surface area contributed by atoms with Gasteiger partial charge in [-0.05, 0) is 49.0 Å². The van der Waals surface area contributed by atoms with E-state index in [0.29, 0.717) is 44.0 Å². The van der Waals surface area contributed by atoms with Crippen molar-refractivity contribution in [2.75, 3.05) is 26.4 Å². The zero-order valence-electron chi connectivity index (χ0n) is 21.1. The van der Waals surface area contributed by atoms with Crippen LogP contribution in [0.2, 0.25) is 0 Å². The lowest BCUT2D eigenvalue weighted by atomic mass is 9.47. The molecule has 2 aliphatic heterocycles. The maximum atomic E-state index is 13.5. The van der Waals surface area contributed by atoms with E-state index in [2.05, 4.69) is 13.8 Å². The van der Waals surface area contributed by atoms with Gasteiger partial charge in [0, 0.05) is 30.6 Å². The van der Waals surface area contributed by atoms with E-state index in [-0.39, 0.29) is 16.7 Å². The van der Waals surface area contributed by atoms with Crippen LogP contribution in [0.4, 0.5) is 0 Å². The van der Waals surface area contributed by atoms with E-state index in [0.717, 1.165) is 44.9 Å². The molecular weight excluding hydrogens is 404 g/mol. The van der Waals surface area contributed by atoms with Gasteiger partial charge in [0.05, 0.1) is 26.4 Å². The molecule has 0 amide bonds. The van der Waals surface area contributed by atoms with E-state index >= 15 is 0 Å². The molecule has 2 saturated heterocycles. The van der Waals surface area contributed by atoms with Gasteiger partial charge in [-0.3, -0.25) is 4.79 Å². The normalized spacial score (nSPS) is 42.8. The summed E-state index contributed by atoms with van der Waals surface area (Å²) in [6, 6.07) is 0. The van der Waals surface area contributed by atoms with E-state index in [1.807, 2.05) is 33.8 Å². The number of ether oxygens (including phenoxy) is 4. The number of fused-ring (bicyclic) bond motifs is 6. The van der Waals surface area contributed by atoms with Gasteiger partial charge in [-0.15, -0.1) is 0 Å². The number of hydrogen-bond donors (Lipinski definition) is 0. The van der Waals surface area contributed by atoms with Gasteiger partial charge in [-0.25, -0.2) is 0 Å². The summed E-state index contributed by atoms with van der Waals surface area (Å²) in [5, 5.41) is 0. The molecule has 2 heterocycles. The Morgan fingerprint density at radius 2 is 1.38 bits per heavy atom. The van der Waals surface area contributed by atoms with Gasteiger partial charge in [0.1, 0.15) is 0 Å². The number of hydrogen-bond acceptors (Lipinski definition) is 5. The molecule has 0 radical (unpaired) electrons. The Morgan fingerprint density at radius 3 is 2.03 bits per heavy atom. The predicted molar refractivity (Wildman–Crippen MR) is 124 cm³/mol. The van der Waals surface area contributed by atoms with Gasteiger partial charge in [-0.1, -0.05) is 47.1 Å². The summed E-state index contributed by atoms with van der Waals surface area (Å²) in [5.41, 5.74) is 1.32. The predicted octanol–water partition coefficient (Wildman–Crippen LogP) is 5.67. The second kappa shape index (κ2) is 8.79. The molecule has 5 fully saturated rings. The van der Waals surface area contributed by atoms with E-state index < -0.39 is 11.6 Å². The quantitative estimate of drug-likeness (QED) is 0.478. The first-order valence-electron chi connectivity index (χ1n) is 13.2. The van der Waals surface area contributed by atoms with Crippen molar-refractivity contribution in [1.29, 1.82) is 0 Å². The van der Waals surface area contributed by atoms with Crippen LogP contribution >= 0.6 is 0 Å². The Labute approximate surface area is 194 Å². The Kier molecular flexibility index (Phi) is 6.70. The molecule has 32 heavy (non-hydrogen) atoms. The molecular formula is C27H44O5. The highest BCUT2D eigenvalue weighted by Crippen LogP contribution is 2.68. The first-order chi connectivity index (χ1) is 15.4. The summed E-state index contributed by atoms with van der Waals surface area (Å²) in [6.07, 6.45) is 8.89. The molecule has 3 saturated carbocycles. The third-order valence-electron chi connectivity index (χ3n) is 9.56. The van der Waals surface area contributed by atoms with Crippen LogP contribution in [0.5, 0.6) is 0 Å². The highest BCUT2D eigenvalue weighted by molar-refractivity contribution is 5.94. The Bertz CT molecular complexity index is 732. The fraction of sp³-hybridized carbons (Fsp3) is 0.889. The summed E-state index contributed by atoms with van der Waals surface area (Å²) in [5.74, 6) is 0.313. The molecule has 6 aliphatic rings. The highest BCUT2D eigenvalue weighted by Gasteiger charge is 2.68. The Hall–Kier alpha value is -0.750. The maximum Gasteiger partial charge on any atom is 0.174 e. The van der Waals surface area contributed by atoms with E-state index in [1.165, 1.54) is 5.57 Å². The highest BCUT2D eigenvalue weighted by atomic mass is 16.7. The standard InChI is InChI=1S/C23H32O5.2C2H6/c1-20-7-8-22(25-9-10-26-22)14-15(20)13-18(24)19-16(20)3-5-21(2)17(19)4-6-23(21)27-11-12-28-23;2*1-2/h13,16-17,19H,3-12,14H2,1-2H3;2*1-2H3. The van der Waals surface area contributed by atoms with E-state index in [4.69, 9.17) is 18.9 Å². The van der Waals surface area contributed by atoms with Crippen molar-refractivity contribution in [3.8, 4) is 0 Å². The molecule has 182 valence electrons. The molecule has 5 nitrogen and oxygen atoms in total. The smallest absolute Gasteiger partial charge is 0.174 e. The van der Waals surface area contributed by atoms with Crippen LogP contribution in [0.1, 0.15) is 86.5 Å². The number of allylic oxidation sites excluding steroid dienone is 1. The third kappa shape index (κ3) is 3.29. The van der Waals surface area contributed by atoms with Crippen LogP contribution in [0.15, 0.2) is 11.6 Å². The van der Waals surface area contributed by atoms with Gasteiger partial charge in [0.2, 0.25) is 0 Å². The number of ketones is 1. The summed E-state index contributed by atoms with van der Waals surface area (Å²) in [6.45, 7) is 15.5. The van der Waals surface area contributed by atoms with Gasteiger partial charge < -0.3 is 18.9 Å². The SMILES string of the molecule is CC.CC.CC12CCC3(CC1=CC(=O)C1C2CCC2(C)C1CCC21OCCO1)OCCO3. The molecule has 0 N–H and O–H groups in total. The van der Waals surface area contributed by atoms with Crippen molar-refractivity contribution in [2.45, 2.75) is 98.1 Å². The first-order valence-corrected chi connectivity index (χ1v) is 13.2. The van der Waals surface area contributed by atoms with Crippen LogP contribution in [-0.4, -0.2) is 43.8 Å². The molecule has 5 heteroatoms. The molecule has 0 aromatic rings. The van der Waals surface area contributed by atoms with Gasteiger partial charge in [0.15, 0.2) is 17.4 Å². The number of carbonyl (C=O) groups is 1. The molecule has 0 aromatic carbocycles. The maximum absolute atomic E-state index is 13.5. The zero-order chi connectivity index (χ0) is 23.2. The zero-order valence-corrected chi connectivity index (χ0v) is 21.1. The van der Waals surface area contributed by atoms with E-state index in [9.17, 15) is 4.79 Å². The van der Waals surface area contributed by atoms with Crippen LogP contribution in [0.3, 0.4) is 0 Å². The van der Waals surface area contributed by atoms with Gasteiger partial charge >= 0.3 is 0 Å². The molecule has 2 spiro atoms. The summed E-state index contributed by atoms with van der Waals surface area (Å²) >= 11 is 0. The molecule has 0 aromatic heterocycles. The second-order valence-corrected chi connectivity index (χ2v) is 10.5. The molecule has 4 aliphatic carbocycles. The Morgan fingerprint density at radius 1 is 0.781 bits per heavy atom.